The molecule has 1 aromatic carbocycles. The van der Waals surface area contributed by atoms with Crippen molar-refractivity contribution in [1.82, 2.24) is 5.32 Å². The van der Waals surface area contributed by atoms with Crippen molar-refractivity contribution < 1.29 is 4.79 Å². The topological polar surface area (TPSA) is 41.1 Å². The number of amides is 1. The van der Waals surface area contributed by atoms with E-state index in [1.54, 1.807) is 7.05 Å². The molecule has 0 heterocycles. The Morgan fingerprint density at radius 2 is 2.12 bits per heavy atom. The standard InChI is InChI=1S/C14H22N2O/c1-4-7-12(5-2)16-13-9-6-8-11(10-13)14(17)15-3/h6,8-10,12,16H,4-5,7H2,1-3H3,(H,15,17). The van der Waals surface area contributed by atoms with Crippen LogP contribution in [0.1, 0.15) is 43.5 Å². The van der Waals surface area contributed by atoms with Crippen LogP contribution in [0.5, 0.6) is 0 Å². The Morgan fingerprint density at radius 3 is 2.71 bits per heavy atom. The summed E-state index contributed by atoms with van der Waals surface area (Å²) in [7, 11) is 1.65. The predicted octanol–water partition coefficient (Wildman–Crippen LogP) is 3.04. The van der Waals surface area contributed by atoms with Gasteiger partial charge in [-0.2, -0.15) is 0 Å². The molecule has 0 aliphatic carbocycles. The van der Waals surface area contributed by atoms with Crippen LogP contribution in [0.4, 0.5) is 5.69 Å². The van der Waals surface area contributed by atoms with E-state index in [1.807, 2.05) is 24.3 Å². The van der Waals surface area contributed by atoms with Gasteiger partial charge in [-0.15, -0.1) is 0 Å². The molecule has 0 fully saturated rings. The molecule has 3 nitrogen and oxygen atoms in total. The SMILES string of the molecule is CCCC(CC)Nc1cccc(C(=O)NC)c1. The molecular formula is C14H22N2O. The molecule has 1 amide bonds. The van der Waals surface area contributed by atoms with Crippen molar-refractivity contribution in [2.24, 2.45) is 0 Å². The van der Waals surface area contributed by atoms with Crippen LogP contribution in [0.2, 0.25) is 0 Å². The second kappa shape index (κ2) is 6.94. The third-order valence-electron chi connectivity index (χ3n) is 2.85. The van der Waals surface area contributed by atoms with Gasteiger partial charge < -0.3 is 10.6 Å². The molecule has 0 saturated carbocycles. The van der Waals surface area contributed by atoms with Gasteiger partial charge >= 0.3 is 0 Å². The van der Waals surface area contributed by atoms with Crippen molar-refractivity contribution in [2.45, 2.75) is 39.2 Å². The first-order chi connectivity index (χ1) is 8.21. The molecule has 0 aromatic heterocycles. The first-order valence-corrected chi connectivity index (χ1v) is 6.29. The third-order valence-corrected chi connectivity index (χ3v) is 2.85. The number of carbonyl (C=O) groups excluding carboxylic acids is 1. The fourth-order valence-electron chi connectivity index (χ4n) is 1.86. The van der Waals surface area contributed by atoms with Crippen LogP contribution >= 0.6 is 0 Å². The zero-order valence-corrected chi connectivity index (χ0v) is 10.9. The highest BCUT2D eigenvalue weighted by atomic mass is 16.1. The number of nitrogens with one attached hydrogen (secondary N) is 2. The highest BCUT2D eigenvalue weighted by molar-refractivity contribution is 5.94. The summed E-state index contributed by atoms with van der Waals surface area (Å²) in [6.45, 7) is 4.36. The van der Waals surface area contributed by atoms with Gasteiger partial charge in [0.25, 0.3) is 5.91 Å². The van der Waals surface area contributed by atoms with E-state index in [1.165, 1.54) is 6.42 Å². The number of rotatable bonds is 6. The van der Waals surface area contributed by atoms with Crippen LogP contribution in [-0.2, 0) is 0 Å². The third kappa shape index (κ3) is 4.10. The summed E-state index contributed by atoms with van der Waals surface area (Å²) in [4.78, 5) is 11.5. The van der Waals surface area contributed by atoms with Crippen LogP contribution in [-0.4, -0.2) is 19.0 Å². The van der Waals surface area contributed by atoms with Gasteiger partial charge in [0.1, 0.15) is 0 Å². The average Bonchev–Trinajstić information content (AvgIpc) is 2.37. The molecule has 2 N–H and O–H groups in total. The summed E-state index contributed by atoms with van der Waals surface area (Å²) in [5.74, 6) is -0.0443. The Bertz CT molecular complexity index is 363. The number of anilines is 1. The van der Waals surface area contributed by atoms with Gasteiger partial charge in [0.2, 0.25) is 0 Å². The van der Waals surface area contributed by atoms with Crippen LogP contribution in [0.15, 0.2) is 24.3 Å². The minimum Gasteiger partial charge on any atom is -0.382 e. The van der Waals surface area contributed by atoms with Crippen LogP contribution in [0.25, 0.3) is 0 Å². The zero-order valence-electron chi connectivity index (χ0n) is 10.9. The summed E-state index contributed by atoms with van der Waals surface area (Å²) in [6.07, 6.45) is 3.42. The molecule has 3 heteroatoms. The maximum atomic E-state index is 11.5. The molecule has 1 unspecified atom stereocenters. The molecule has 0 saturated heterocycles. The van der Waals surface area contributed by atoms with Crippen molar-refractivity contribution in [3.63, 3.8) is 0 Å². The van der Waals surface area contributed by atoms with Gasteiger partial charge in [-0.1, -0.05) is 26.3 Å². The first kappa shape index (κ1) is 13.6. The minimum atomic E-state index is -0.0443. The van der Waals surface area contributed by atoms with Crippen molar-refractivity contribution in [1.29, 1.82) is 0 Å². The van der Waals surface area contributed by atoms with E-state index in [4.69, 9.17) is 0 Å². The summed E-state index contributed by atoms with van der Waals surface area (Å²) in [5.41, 5.74) is 1.72. The van der Waals surface area contributed by atoms with E-state index in [-0.39, 0.29) is 5.91 Å². The lowest BCUT2D eigenvalue weighted by atomic mass is 10.1. The van der Waals surface area contributed by atoms with Gasteiger partial charge in [-0.3, -0.25) is 4.79 Å². The number of hydrogen-bond donors (Lipinski definition) is 2. The fraction of sp³-hybridized carbons (Fsp3) is 0.500. The van der Waals surface area contributed by atoms with Crippen LogP contribution < -0.4 is 10.6 Å². The molecular weight excluding hydrogens is 212 g/mol. The molecule has 0 bridgehead atoms. The number of benzene rings is 1. The van der Waals surface area contributed by atoms with Crippen LogP contribution in [0, 0.1) is 0 Å². The molecule has 0 aliphatic heterocycles. The molecule has 0 aliphatic rings. The Balaban J connectivity index is 2.74. The lowest BCUT2D eigenvalue weighted by molar-refractivity contribution is 0.0963. The monoisotopic (exact) mass is 234 g/mol. The van der Waals surface area contributed by atoms with Gasteiger partial charge in [0, 0.05) is 24.3 Å². The summed E-state index contributed by atoms with van der Waals surface area (Å²) < 4.78 is 0. The van der Waals surface area contributed by atoms with Gasteiger partial charge in [-0.05, 0) is 31.0 Å². The zero-order chi connectivity index (χ0) is 12.7. The molecule has 1 aromatic rings. The van der Waals surface area contributed by atoms with E-state index >= 15 is 0 Å². The van der Waals surface area contributed by atoms with E-state index in [2.05, 4.69) is 24.5 Å². The maximum absolute atomic E-state index is 11.5. The Morgan fingerprint density at radius 1 is 1.35 bits per heavy atom. The summed E-state index contributed by atoms with van der Waals surface area (Å²) in [5, 5.41) is 6.10. The van der Waals surface area contributed by atoms with E-state index in [9.17, 15) is 4.79 Å². The Labute approximate surface area is 104 Å². The highest BCUT2D eigenvalue weighted by Crippen LogP contribution is 2.15. The normalized spacial score (nSPS) is 11.9. The maximum Gasteiger partial charge on any atom is 0.251 e. The molecule has 1 rings (SSSR count). The fourth-order valence-corrected chi connectivity index (χ4v) is 1.86. The molecule has 0 spiro atoms. The smallest absolute Gasteiger partial charge is 0.251 e. The summed E-state index contributed by atoms with van der Waals surface area (Å²) in [6, 6.07) is 8.12. The summed E-state index contributed by atoms with van der Waals surface area (Å²) >= 11 is 0. The second-order valence-corrected chi connectivity index (χ2v) is 4.20. The number of carbonyl (C=O) groups is 1. The molecule has 1 atom stereocenters. The average molecular weight is 234 g/mol. The largest absolute Gasteiger partial charge is 0.382 e. The second-order valence-electron chi connectivity index (χ2n) is 4.20. The van der Waals surface area contributed by atoms with Gasteiger partial charge in [0.15, 0.2) is 0 Å². The molecule has 17 heavy (non-hydrogen) atoms. The highest BCUT2D eigenvalue weighted by Gasteiger charge is 2.07. The quantitative estimate of drug-likeness (QED) is 0.794. The van der Waals surface area contributed by atoms with Gasteiger partial charge in [-0.25, -0.2) is 0 Å². The van der Waals surface area contributed by atoms with Crippen molar-refractivity contribution in [3.8, 4) is 0 Å². The van der Waals surface area contributed by atoms with Crippen molar-refractivity contribution >= 4 is 11.6 Å². The Hall–Kier alpha value is -1.51. The predicted molar refractivity (Wildman–Crippen MR) is 72.4 cm³/mol. The number of hydrogen-bond acceptors (Lipinski definition) is 2. The van der Waals surface area contributed by atoms with Crippen molar-refractivity contribution in [3.05, 3.63) is 29.8 Å². The molecule has 94 valence electrons. The lowest BCUT2D eigenvalue weighted by Crippen LogP contribution is -2.20. The van der Waals surface area contributed by atoms with E-state index in [0.29, 0.717) is 11.6 Å². The first-order valence-electron chi connectivity index (χ1n) is 6.29. The van der Waals surface area contributed by atoms with Crippen molar-refractivity contribution in [2.75, 3.05) is 12.4 Å². The van der Waals surface area contributed by atoms with Crippen LogP contribution in [0.3, 0.4) is 0 Å². The molecule has 0 radical (unpaired) electrons. The van der Waals surface area contributed by atoms with Gasteiger partial charge in [0.05, 0.1) is 0 Å². The van der Waals surface area contributed by atoms with E-state index < -0.39 is 0 Å². The Kier molecular flexibility index (Phi) is 5.53. The van der Waals surface area contributed by atoms with E-state index in [0.717, 1.165) is 18.5 Å². The lowest BCUT2D eigenvalue weighted by Gasteiger charge is -2.17. The minimum absolute atomic E-state index is 0.0443.